The van der Waals surface area contributed by atoms with Crippen molar-refractivity contribution in [3.8, 4) is 22.6 Å². The maximum Gasteiger partial charge on any atom is 0.341 e. The molecule has 5 heteroatoms. The van der Waals surface area contributed by atoms with Gasteiger partial charge in [0.15, 0.2) is 6.61 Å². The lowest BCUT2D eigenvalue weighted by Gasteiger charge is -2.11. The summed E-state index contributed by atoms with van der Waals surface area (Å²) in [6.07, 6.45) is 2.23. The molecule has 4 aromatic rings. The van der Waals surface area contributed by atoms with Crippen molar-refractivity contribution in [3.63, 3.8) is 0 Å². The van der Waals surface area contributed by atoms with E-state index < -0.39 is 5.97 Å². The van der Waals surface area contributed by atoms with Gasteiger partial charge in [-0.15, -0.1) is 11.8 Å². The van der Waals surface area contributed by atoms with Crippen molar-refractivity contribution in [3.05, 3.63) is 120 Å². The van der Waals surface area contributed by atoms with Crippen LogP contribution in [0.25, 0.3) is 16.7 Å². The monoisotopic (exact) mass is 482 g/mol. The van der Waals surface area contributed by atoms with Crippen molar-refractivity contribution in [2.75, 3.05) is 19.5 Å². The average Bonchev–Trinajstić information content (AvgIpc) is 2.91. The fraction of sp³-hybridized carbons (Fsp3) is 0.100. The maximum atomic E-state index is 10.7. The second-order valence-corrected chi connectivity index (χ2v) is 8.85. The van der Waals surface area contributed by atoms with Crippen LogP contribution < -0.4 is 9.47 Å². The summed E-state index contributed by atoms with van der Waals surface area (Å²) in [5, 5.41) is 8.75. The van der Waals surface area contributed by atoms with Gasteiger partial charge in [-0.05, 0) is 64.2 Å². The van der Waals surface area contributed by atoms with E-state index in [1.807, 2.05) is 42.5 Å². The van der Waals surface area contributed by atoms with Gasteiger partial charge in [-0.2, -0.15) is 0 Å². The second-order valence-electron chi connectivity index (χ2n) is 7.75. The molecule has 0 radical (unpaired) electrons. The summed E-state index contributed by atoms with van der Waals surface area (Å²) < 4.78 is 10.5. The van der Waals surface area contributed by atoms with Gasteiger partial charge in [-0.3, -0.25) is 0 Å². The molecule has 0 unspecified atom stereocenters. The number of methoxy groups -OCH3 is 1. The van der Waals surface area contributed by atoms with Crippen LogP contribution in [0.1, 0.15) is 11.1 Å². The summed E-state index contributed by atoms with van der Waals surface area (Å²) in [7, 11) is 1.67. The third kappa shape index (κ3) is 6.78. The molecule has 0 atom stereocenters. The van der Waals surface area contributed by atoms with E-state index in [0.717, 1.165) is 33.1 Å². The summed E-state index contributed by atoms with van der Waals surface area (Å²) in [6, 6.07) is 34.6. The van der Waals surface area contributed by atoms with Crippen molar-refractivity contribution in [2.45, 2.75) is 4.90 Å². The van der Waals surface area contributed by atoms with Crippen molar-refractivity contribution in [1.29, 1.82) is 0 Å². The first-order valence-electron chi connectivity index (χ1n) is 11.2. The van der Waals surface area contributed by atoms with Crippen molar-refractivity contribution in [1.82, 2.24) is 0 Å². The Kier molecular flexibility index (Phi) is 8.25. The molecule has 4 aromatic carbocycles. The Morgan fingerprint density at radius 2 is 1.34 bits per heavy atom. The number of carboxylic acid groups (broad SMARTS) is 1. The minimum atomic E-state index is -0.989. The van der Waals surface area contributed by atoms with Crippen LogP contribution in [0.3, 0.4) is 0 Å². The van der Waals surface area contributed by atoms with Gasteiger partial charge in [0.1, 0.15) is 11.5 Å². The van der Waals surface area contributed by atoms with E-state index in [4.69, 9.17) is 14.6 Å². The van der Waals surface area contributed by atoms with Gasteiger partial charge in [0, 0.05) is 10.6 Å². The molecule has 4 rings (SSSR count). The van der Waals surface area contributed by atoms with Crippen molar-refractivity contribution >= 4 is 23.3 Å². The lowest BCUT2D eigenvalue weighted by atomic mass is 9.95. The Morgan fingerprint density at radius 1 is 0.771 bits per heavy atom. The van der Waals surface area contributed by atoms with E-state index in [2.05, 4.69) is 54.6 Å². The van der Waals surface area contributed by atoms with Gasteiger partial charge in [-0.25, -0.2) is 4.79 Å². The molecule has 0 heterocycles. The molecule has 0 spiro atoms. The first-order valence-corrected chi connectivity index (χ1v) is 12.2. The van der Waals surface area contributed by atoms with E-state index in [1.54, 1.807) is 31.0 Å². The van der Waals surface area contributed by atoms with Gasteiger partial charge >= 0.3 is 5.97 Å². The lowest BCUT2D eigenvalue weighted by molar-refractivity contribution is -0.139. The molecule has 0 aliphatic rings. The maximum absolute atomic E-state index is 10.7. The Balaban J connectivity index is 1.53. The highest BCUT2D eigenvalue weighted by Crippen LogP contribution is 2.30. The van der Waals surface area contributed by atoms with Crippen molar-refractivity contribution < 1.29 is 19.4 Å². The SMILES string of the molecule is COc1ccc(/C(=C\CSc2ccc(OCC(=O)O)cc2)c2ccc(-c3ccccc3)cc2)cc1. The zero-order valence-electron chi connectivity index (χ0n) is 19.4. The predicted octanol–water partition coefficient (Wildman–Crippen LogP) is 7.05. The van der Waals surface area contributed by atoms with Crippen LogP contribution in [-0.2, 0) is 4.79 Å². The highest BCUT2D eigenvalue weighted by atomic mass is 32.2. The van der Waals surface area contributed by atoms with Gasteiger partial charge in [-0.1, -0.05) is 72.8 Å². The molecular formula is C30H26O4S. The zero-order chi connectivity index (χ0) is 24.5. The number of thioether (sulfide) groups is 1. The molecule has 1 N–H and O–H groups in total. The predicted molar refractivity (Wildman–Crippen MR) is 142 cm³/mol. The highest BCUT2D eigenvalue weighted by Gasteiger charge is 2.07. The van der Waals surface area contributed by atoms with E-state index in [-0.39, 0.29) is 6.61 Å². The average molecular weight is 483 g/mol. The Bertz CT molecular complexity index is 1260. The van der Waals surface area contributed by atoms with E-state index in [9.17, 15) is 4.79 Å². The van der Waals surface area contributed by atoms with Gasteiger partial charge in [0.25, 0.3) is 0 Å². The highest BCUT2D eigenvalue weighted by molar-refractivity contribution is 7.99. The summed E-state index contributed by atoms with van der Waals surface area (Å²) >= 11 is 1.71. The molecule has 0 aromatic heterocycles. The van der Waals surface area contributed by atoms with Crippen LogP contribution in [0.2, 0.25) is 0 Å². The Labute approximate surface area is 209 Å². The number of aliphatic carboxylic acids is 1. The molecular weight excluding hydrogens is 456 g/mol. The fourth-order valence-corrected chi connectivity index (χ4v) is 4.42. The van der Waals surface area contributed by atoms with Crippen LogP contribution in [0.15, 0.2) is 114 Å². The third-order valence-corrected chi connectivity index (χ3v) is 6.37. The summed E-state index contributed by atoms with van der Waals surface area (Å²) in [4.78, 5) is 11.7. The molecule has 0 saturated heterocycles. The smallest absolute Gasteiger partial charge is 0.341 e. The summed E-state index contributed by atoms with van der Waals surface area (Å²) in [6.45, 7) is -0.344. The Morgan fingerprint density at radius 3 is 1.94 bits per heavy atom. The van der Waals surface area contributed by atoms with E-state index in [1.165, 1.54) is 11.1 Å². The number of rotatable bonds is 10. The number of hydrogen-bond acceptors (Lipinski definition) is 4. The van der Waals surface area contributed by atoms with Crippen LogP contribution >= 0.6 is 11.8 Å². The first kappa shape index (κ1) is 24.2. The quantitative estimate of drug-likeness (QED) is 0.246. The number of benzene rings is 4. The Hall–Kier alpha value is -3.96. The molecule has 176 valence electrons. The molecule has 35 heavy (non-hydrogen) atoms. The number of hydrogen-bond donors (Lipinski definition) is 1. The lowest BCUT2D eigenvalue weighted by Crippen LogP contribution is -2.09. The van der Waals surface area contributed by atoms with Gasteiger partial charge < -0.3 is 14.6 Å². The first-order chi connectivity index (χ1) is 17.1. The van der Waals surface area contributed by atoms with Crippen LogP contribution in [-0.4, -0.2) is 30.5 Å². The number of carboxylic acids is 1. The molecule has 0 aliphatic carbocycles. The normalized spacial score (nSPS) is 11.2. The van der Waals surface area contributed by atoms with Gasteiger partial charge in [0.05, 0.1) is 7.11 Å². The molecule has 0 bridgehead atoms. The fourth-order valence-electron chi connectivity index (χ4n) is 3.64. The van der Waals surface area contributed by atoms with Crippen LogP contribution in [0.4, 0.5) is 0 Å². The van der Waals surface area contributed by atoms with Crippen molar-refractivity contribution in [2.24, 2.45) is 0 Å². The molecule has 0 amide bonds. The largest absolute Gasteiger partial charge is 0.497 e. The minimum absolute atomic E-state index is 0.344. The summed E-state index contributed by atoms with van der Waals surface area (Å²) in [5.74, 6) is 1.16. The van der Waals surface area contributed by atoms with Gasteiger partial charge in [0.2, 0.25) is 0 Å². The number of ether oxygens (including phenoxy) is 2. The molecule has 0 saturated carbocycles. The number of carbonyl (C=O) groups is 1. The molecule has 4 nitrogen and oxygen atoms in total. The molecule has 0 fully saturated rings. The van der Waals surface area contributed by atoms with E-state index >= 15 is 0 Å². The molecule has 0 aliphatic heterocycles. The standard InChI is InChI=1S/C30H26O4S/c1-33-26-13-11-25(12-14-26)29(24-9-7-23(8-10-24)22-5-3-2-4-6-22)19-20-35-28-17-15-27(16-18-28)34-21-30(31)32/h2-19H,20-21H2,1H3,(H,31,32)/b29-19-. The summed E-state index contributed by atoms with van der Waals surface area (Å²) in [5.41, 5.74) is 5.80. The zero-order valence-corrected chi connectivity index (χ0v) is 20.2. The third-order valence-electron chi connectivity index (χ3n) is 5.43. The van der Waals surface area contributed by atoms with Crippen LogP contribution in [0, 0.1) is 0 Å². The minimum Gasteiger partial charge on any atom is -0.497 e. The second kappa shape index (κ2) is 12.0. The topological polar surface area (TPSA) is 55.8 Å². The van der Waals surface area contributed by atoms with E-state index in [0.29, 0.717) is 5.75 Å². The van der Waals surface area contributed by atoms with Crippen LogP contribution in [0.5, 0.6) is 11.5 Å².